The molecule has 6 nitrogen and oxygen atoms in total. The first-order valence-electron chi connectivity index (χ1n) is 4.95. The number of methoxy groups -OCH3 is 2. The Hall–Kier alpha value is -2.11. The molecule has 0 saturated carbocycles. The van der Waals surface area contributed by atoms with Gasteiger partial charge in [-0.1, -0.05) is 0 Å². The minimum absolute atomic E-state index is 0.123. The molecule has 17 heavy (non-hydrogen) atoms. The Kier molecular flexibility index (Phi) is 4.45. The second kappa shape index (κ2) is 5.83. The number of hydrogen-bond donors (Lipinski definition) is 0. The van der Waals surface area contributed by atoms with E-state index in [1.54, 1.807) is 12.1 Å². The van der Waals surface area contributed by atoms with Crippen LogP contribution in [0.2, 0.25) is 0 Å². The van der Waals surface area contributed by atoms with E-state index in [1.807, 2.05) is 0 Å². The summed E-state index contributed by atoms with van der Waals surface area (Å²) in [5.74, 6) is 0.653. The molecule has 0 heterocycles. The third-order valence-electron chi connectivity index (χ3n) is 2.23. The van der Waals surface area contributed by atoms with Crippen LogP contribution in [0.4, 0.5) is 0 Å². The highest BCUT2D eigenvalue weighted by Crippen LogP contribution is 2.27. The lowest BCUT2D eigenvalue weighted by molar-refractivity contribution is -0.478. The molecule has 0 radical (unpaired) electrons. The van der Waals surface area contributed by atoms with E-state index in [1.165, 1.54) is 20.3 Å². The van der Waals surface area contributed by atoms with E-state index in [0.29, 0.717) is 17.1 Å². The Labute approximate surface area is 98.3 Å². The van der Waals surface area contributed by atoms with Gasteiger partial charge in [0, 0.05) is 10.5 Å². The Morgan fingerprint density at radius 1 is 1.29 bits per heavy atom. The maximum Gasteiger partial charge on any atom is 0.211 e. The molecule has 1 rings (SSSR count). The molecule has 1 aromatic rings. The Balaban J connectivity index is 2.84. The van der Waals surface area contributed by atoms with Crippen molar-refractivity contribution in [2.24, 2.45) is 0 Å². The van der Waals surface area contributed by atoms with Crippen LogP contribution in [0.1, 0.15) is 16.8 Å². The van der Waals surface area contributed by atoms with Gasteiger partial charge in [0.05, 0.1) is 20.6 Å². The van der Waals surface area contributed by atoms with Crippen LogP contribution in [0.5, 0.6) is 11.5 Å². The lowest BCUT2D eigenvalue weighted by atomic mass is 10.1. The summed E-state index contributed by atoms with van der Waals surface area (Å²) in [6, 6.07) is 4.67. The third kappa shape index (κ3) is 3.44. The quantitative estimate of drug-likeness (QED) is 0.427. The standard InChI is InChI=1S/C11H13NO5/c1-16-10-4-3-8(7-11(10)17-2)9(13)5-6-12(14)15/h3-4,7H,5-6H2,1-2H3. The molecular weight excluding hydrogens is 226 g/mol. The minimum atomic E-state index is -0.515. The van der Waals surface area contributed by atoms with Crippen molar-refractivity contribution in [2.45, 2.75) is 6.42 Å². The van der Waals surface area contributed by atoms with Crippen molar-refractivity contribution in [2.75, 3.05) is 20.8 Å². The van der Waals surface area contributed by atoms with Gasteiger partial charge >= 0.3 is 0 Å². The van der Waals surface area contributed by atoms with Gasteiger partial charge in [-0.25, -0.2) is 0 Å². The van der Waals surface area contributed by atoms with Gasteiger partial charge in [-0.3, -0.25) is 14.9 Å². The first kappa shape index (κ1) is 13.0. The summed E-state index contributed by atoms with van der Waals surface area (Å²) in [5, 5.41) is 10.2. The molecule has 0 saturated heterocycles. The molecule has 0 bridgehead atoms. The van der Waals surface area contributed by atoms with Crippen LogP contribution in [-0.4, -0.2) is 31.5 Å². The number of ketones is 1. The zero-order valence-corrected chi connectivity index (χ0v) is 9.63. The number of benzene rings is 1. The lowest BCUT2D eigenvalue weighted by Gasteiger charge is -2.08. The fraction of sp³-hybridized carbons (Fsp3) is 0.364. The SMILES string of the molecule is COc1ccc(C(=O)CC[N+](=O)[O-])cc1OC. The van der Waals surface area contributed by atoms with Crippen LogP contribution in [0.3, 0.4) is 0 Å². The topological polar surface area (TPSA) is 78.7 Å². The molecule has 0 N–H and O–H groups in total. The van der Waals surface area contributed by atoms with Crippen LogP contribution < -0.4 is 9.47 Å². The number of nitrogens with zero attached hydrogens (tertiary/aromatic N) is 1. The molecule has 6 heteroatoms. The van der Waals surface area contributed by atoms with Gasteiger partial charge < -0.3 is 9.47 Å². The van der Waals surface area contributed by atoms with Crippen molar-refractivity contribution in [3.05, 3.63) is 33.9 Å². The zero-order valence-electron chi connectivity index (χ0n) is 9.63. The Morgan fingerprint density at radius 2 is 1.94 bits per heavy atom. The van der Waals surface area contributed by atoms with Crippen molar-refractivity contribution < 1.29 is 19.2 Å². The number of rotatable bonds is 6. The van der Waals surface area contributed by atoms with Crippen LogP contribution in [-0.2, 0) is 0 Å². The second-order valence-corrected chi connectivity index (χ2v) is 3.30. The van der Waals surface area contributed by atoms with Gasteiger partial charge in [0.25, 0.3) is 0 Å². The van der Waals surface area contributed by atoms with E-state index in [-0.39, 0.29) is 18.7 Å². The average molecular weight is 239 g/mol. The highest BCUT2D eigenvalue weighted by atomic mass is 16.6. The highest BCUT2D eigenvalue weighted by molar-refractivity contribution is 5.96. The van der Waals surface area contributed by atoms with E-state index in [4.69, 9.17) is 9.47 Å². The fourth-order valence-corrected chi connectivity index (χ4v) is 1.35. The van der Waals surface area contributed by atoms with Crippen molar-refractivity contribution in [3.8, 4) is 11.5 Å². The number of ether oxygens (including phenoxy) is 2. The number of carbonyl (C=O) groups excluding carboxylic acids is 1. The summed E-state index contributed by atoms with van der Waals surface area (Å²) in [6.45, 7) is -0.368. The summed E-state index contributed by atoms with van der Waals surface area (Å²) in [6.07, 6.45) is -0.123. The van der Waals surface area contributed by atoms with Crippen LogP contribution in [0.15, 0.2) is 18.2 Å². The number of nitro groups is 1. The van der Waals surface area contributed by atoms with Crippen molar-refractivity contribution >= 4 is 5.78 Å². The first-order chi connectivity index (χ1) is 8.08. The predicted octanol–water partition coefficient (Wildman–Crippen LogP) is 1.55. The van der Waals surface area contributed by atoms with E-state index < -0.39 is 4.92 Å². The third-order valence-corrected chi connectivity index (χ3v) is 2.23. The molecule has 0 aliphatic heterocycles. The molecule has 0 spiro atoms. The lowest BCUT2D eigenvalue weighted by Crippen LogP contribution is -2.08. The van der Waals surface area contributed by atoms with E-state index in [9.17, 15) is 14.9 Å². The smallest absolute Gasteiger partial charge is 0.211 e. The zero-order chi connectivity index (χ0) is 12.8. The second-order valence-electron chi connectivity index (χ2n) is 3.30. The summed E-state index contributed by atoms with van der Waals surface area (Å²) >= 11 is 0. The molecule has 92 valence electrons. The fourth-order valence-electron chi connectivity index (χ4n) is 1.35. The molecule has 0 amide bonds. The number of hydrogen-bond acceptors (Lipinski definition) is 5. The van der Waals surface area contributed by atoms with Gasteiger partial charge in [0.2, 0.25) is 6.54 Å². The van der Waals surface area contributed by atoms with E-state index in [2.05, 4.69) is 0 Å². The summed E-state index contributed by atoms with van der Waals surface area (Å²) in [7, 11) is 2.95. The monoisotopic (exact) mass is 239 g/mol. The highest BCUT2D eigenvalue weighted by Gasteiger charge is 2.12. The maximum atomic E-state index is 11.6. The van der Waals surface area contributed by atoms with Crippen LogP contribution >= 0.6 is 0 Å². The molecule has 0 atom stereocenters. The largest absolute Gasteiger partial charge is 0.493 e. The number of carbonyl (C=O) groups is 1. The predicted molar refractivity (Wildman–Crippen MR) is 60.4 cm³/mol. The van der Waals surface area contributed by atoms with Crippen molar-refractivity contribution in [1.82, 2.24) is 0 Å². The van der Waals surface area contributed by atoms with Gasteiger partial charge in [-0.05, 0) is 18.2 Å². The normalized spacial score (nSPS) is 9.76. The molecule has 0 fully saturated rings. The Bertz CT molecular complexity index is 430. The summed E-state index contributed by atoms with van der Waals surface area (Å²) in [4.78, 5) is 21.3. The van der Waals surface area contributed by atoms with Gasteiger partial charge in [-0.2, -0.15) is 0 Å². The molecule has 0 unspecified atom stereocenters. The molecule has 0 aromatic heterocycles. The molecule has 0 aliphatic carbocycles. The molecule has 1 aromatic carbocycles. The minimum Gasteiger partial charge on any atom is -0.493 e. The summed E-state index contributed by atoms with van der Waals surface area (Å²) in [5.41, 5.74) is 0.379. The van der Waals surface area contributed by atoms with Gasteiger partial charge in [-0.15, -0.1) is 0 Å². The number of Topliss-reactive ketones (excluding diaryl/α,β-unsaturated/α-hetero) is 1. The molecular formula is C11H13NO5. The molecule has 0 aliphatic rings. The average Bonchev–Trinajstić information content (AvgIpc) is 2.34. The van der Waals surface area contributed by atoms with Crippen molar-refractivity contribution in [1.29, 1.82) is 0 Å². The maximum absolute atomic E-state index is 11.6. The van der Waals surface area contributed by atoms with Gasteiger partial charge in [0.1, 0.15) is 0 Å². The Morgan fingerprint density at radius 3 is 2.47 bits per heavy atom. The summed E-state index contributed by atoms with van der Waals surface area (Å²) < 4.78 is 10.1. The van der Waals surface area contributed by atoms with Crippen LogP contribution in [0, 0.1) is 10.1 Å². The van der Waals surface area contributed by atoms with Gasteiger partial charge in [0.15, 0.2) is 17.3 Å². The van der Waals surface area contributed by atoms with E-state index >= 15 is 0 Å². The van der Waals surface area contributed by atoms with E-state index in [0.717, 1.165) is 0 Å². The van der Waals surface area contributed by atoms with Crippen LogP contribution in [0.25, 0.3) is 0 Å². The van der Waals surface area contributed by atoms with Crippen molar-refractivity contribution in [3.63, 3.8) is 0 Å². The first-order valence-corrected chi connectivity index (χ1v) is 4.95.